The summed E-state index contributed by atoms with van der Waals surface area (Å²) in [7, 11) is 1.56. The molecule has 2 atom stereocenters. The second-order valence-corrected chi connectivity index (χ2v) is 21.4. The zero-order valence-electron chi connectivity index (χ0n) is 51.3. The van der Waals surface area contributed by atoms with Crippen LogP contribution in [0.25, 0.3) is 0 Å². The smallest absolute Gasteiger partial charge is 0.323 e. The van der Waals surface area contributed by atoms with Crippen LogP contribution in [0.5, 0.6) is 46.0 Å². The van der Waals surface area contributed by atoms with Crippen LogP contribution < -0.4 is 50.8 Å². The Kier molecular flexibility index (Phi) is 25.4. The molecular formula is C69H73Cl2N7O12. The van der Waals surface area contributed by atoms with Gasteiger partial charge in [-0.1, -0.05) is 106 Å². The second kappa shape index (κ2) is 33.2. The molecule has 470 valence electrons. The molecule has 8 aromatic rings. The van der Waals surface area contributed by atoms with Gasteiger partial charge < -0.3 is 66.2 Å². The average Bonchev–Trinajstić information content (AvgIpc) is 1.38. The van der Waals surface area contributed by atoms with E-state index >= 15 is 0 Å². The predicted molar refractivity (Wildman–Crippen MR) is 357 cm³/mol. The number of phenols is 3. The number of carbonyl (C=O) groups is 5. The number of benzene rings is 8. The molecule has 0 aliphatic carbocycles. The number of aliphatic imine (C=N–C) groups is 1. The van der Waals surface area contributed by atoms with Crippen molar-refractivity contribution in [2.75, 3.05) is 39.0 Å². The number of nitrogens with one attached hydrogen (secondary N) is 6. The van der Waals surface area contributed by atoms with Gasteiger partial charge in [-0.3, -0.25) is 24.2 Å². The Bertz CT molecular complexity index is 3810. The van der Waals surface area contributed by atoms with E-state index in [1.54, 1.807) is 106 Å². The van der Waals surface area contributed by atoms with Crippen LogP contribution in [0.15, 0.2) is 163 Å². The van der Waals surface area contributed by atoms with Crippen molar-refractivity contribution in [3.63, 3.8) is 0 Å². The van der Waals surface area contributed by atoms with E-state index in [9.17, 15) is 39.3 Å². The zero-order chi connectivity index (χ0) is 65.6. The first-order valence-corrected chi connectivity index (χ1v) is 29.4. The number of hydrogen-bond donors (Lipinski definition) is 9. The first-order valence-electron chi connectivity index (χ1n) is 28.7. The van der Waals surface area contributed by atoms with E-state index < -0.39 is 18.2 Å². The van der Waals surface area contributed by atoms with Crippen LogP contribution in [0, 0.1) is 26.7 Å². The minimum absolute atomic E-state index is 0.0907. The number of carbonyl (C=O) groups excluding carboxylic acids is 5. The van der Waals surface area contributed by atoms with Gasteiger partial charge in [0.05, 0.1) is 40.6 Å². The molecule has 0 spiro atoms. The summed E-state index contributed by atoms with van der Waals surface area (Å²) >= 11 is 12.3. The molecule has 0 aliphatic rings. The van der Waals surface area contributed by atoms with Crippen molar-refractivity contribution in [1.29, 1.82) is 0 Å². The molecule has 0 saturated heterocycles. The van der Waals surface area contributed by atoms with E-state index in [0.29, 0.717) is 75.5 Å². The van der Waals surface area contributed by atoms with E-state index in [2.05, 4.69) is 43.6 Å². The van der Waals surface area contributed by atoms with Crippen molar-refractivity contribution in [1.82, 2.24) is 0 Å². The summed E-state index contributed by atoms with van der Waals surface area (Å²) in [6.45, 7) is 18.4. The Morgan fingerprint density at radius 2 is 1.17 bits per heavy atom. The highest BCUT2D eigenvalue weighted by molar-refractivity contribution is 6.37. The Labute approximate surface area is 533 Å². The van der Waals surface area contributed by atoms with Crippen LogP contribution in [-0.4, -0.2) is 71.0 Å². The fraction of sp³-hybridized carbons (Fsp3) is 0.217. The lowest BCUT2D eigenvalue weighted by atomic mass is 10.1. The minimum Gasteiger partial charge on any atom is -0.506 e. The lowest BCUT2D eigenvalue weighted by Gasteiger charge is -2.20. The number of phenolic OH excluding ortho intramolecular Hbond substituents is 3. The van der Waals surface area contributed by atoms with E-state index in [1.165, 1.54) is 30.3 Å². The molecule has 0 fully saturated rings. The number of anilines is 6. The summed E-state index contributed by atoms with van der Waals surface area (Å²) in [5.74, 6) is 0.470. The monoisotopic (exact) mass is 1260 g/mol. The Balaban J connectivity index is 0.000000217. The molecule has 90 heavy (non-hydrogen) atoms. The van der Waals surface area contributed by atoms with Gasteiger partial charge in [0.15, 0.2) is 23.7 Å². The van der Waals surface area contributed by atoms with E-state index in [-0.39, 0.29) is 80.3 Å². The molecule has 0 aliphatic heterocycles. The number of ether oxygens (including phenoxy) is 4. The average molecular weight is 1260 g/mol. The van der Waals surface area contributed by atoms with Gasteiger partial charge in [-0.15, -0.1) is 0 Å². The van der Waals surface area contributed by atoms with Crippen molar-refractivity contribution in [2.45, 2.75) is 86.9 Å². The van der Waals surface area contributed by atoms with Crippen molar-refractivity contribution in [2.24, 2.45) is 10.9 Å². The highest BCUT2D eigenvalue weighted by Gasteiger charge is 2.24. The summed E-state index contributed by atoms with van der Waals surface area (Å²) < 4.78 is 22.8. The highest BCUT2D eigenvalue weighted by atomic mass is 35.5. The molecule has 21 heteroatoms. The molecule has 8 aromatic carbocycles. The van der Waals surface area contributed by atoms with Crippen LogP contribution >= 0.6 is 23.2 Å². The van der Waals surface area contributed by atoms with Crippen LogP contribution in [-0.2, 0) is 20.8 Å². The number of urea groups is 1. The molecule has 19 nitrogen and oxygen atoms in total. The SMILES string of the molecule is C=Nc1ccc(NC(=O)Nc2cc(Oc3ccc(OC)cc3)c(NC(=O)C(C)C)cc2O)cc1.CCC(Oc1cccc(C)c1)C(=O)Nc1ccc(NC(=O)c2ccccc2)c(O)c1.CCc1c(Cl)cc(NC(=O)C(CC)Oc2ccc(C)cc2C)c(O)c1Cl. The first-order chi connectivity index (χ1) is 43.0. The second-order valence-electron chi connectivity index (χ2n) is 20.6. The van der Waals surface area contributed by atoms with Gasteiger partial charge in [0, 0.05) is 46.1 Å². The number of hydrogen-bond acceptors (Lipinski definition) is 13. The van der Waals surface area contributed by atoms with Crippen molar-refractivity contribution in [3.8, 4) is 46.0 Å². The van der Waals surface area contributed by atoms with E-state index in [4.69, 9.17) is 42.1 Å². The summed E-state index contributed by atoms with van der Waals surface area (Å²) in [6.07, 6.45) is 0.142. The van der Waals surface area contributed by atoms with Gasteiger partial charge in [0.25, 0.3) is 17.7 Å². The molecule has 0 saturated carbocycles. The van der Waals surface area contributed by atoms with Crippen molar-refractivity contribution >= 4 is 99.4 Å². The lowest BCUT2D eigenvalue weighted by molar-refractivity contribution is -0.123. The number of methoxy groups -OCH3 is 1. The summed E-state index contributed by atoms with van der Waals surface area (Å²) in [5.41, 5.74) is 6.62. The van der Waals surface area contributed by atoms with Crippen LogP contribution in [0.2, 0.25) is 10.0 Å². The Hall–Kier alpha value is -10.2. The van der Waals surface area contributed by atoms with Gasteiger partial charge in [0.1, 0.15) is 34.5 Å². The normalized spacial score (nSPS) is 11.2. The number of rotatable bonds is 21. The molecule has 0 aromatic heterocycles. The largest absolute Gasteiger partial charge is 0.506 e. The van der Waals surface area contributed by atoms with Gasteiger partial charge in [-0.05, 0) is 161 Å². The number of nitrogens with zero attached hydrogens (tertiary/aromatic N) is 1. The maximum Gasteiger partial charge on any atom is 0.323 e. The summed E-state index contributed by atoms with van der Waals surface area (Å²) in [5, 5.41) is 47.6. The molecule has 0 heterocycles. The van der Waals surface area contributed by atoms with Gasteiger partial charge >= 0.3 is 6.03 Å². The van der Waals surface area contributed by atoms with Crippen molar-refractivity contribution < 1.29 is 58.2 Å². The molecular weight excluding hydrogens is 1190 g/mol. The summed E-state index contributed by atoms with van der Waals surface area (Å²) in [4.78, 5) is 66.0. The number of halogens is 2. The van der Waals surface area contributed by atoms with Gasteiger partial charge in [0.2, 0.25) is 5.91 Å². The quantitative estimate of drug-likeness (QED) is 0.0240. The van der Waals surface area contributed by atoms with Crippen LogP contribution in [0.1, 0.15) is 80.1 Å². The van der Waals surface area contributed by atoms with Crippen LogP contribution in [0.3, 0.4) is 0 Å². The minimum atomic E-state index is -0.709. The summed E-state index contributed by atoms with van der Waals surface area (Å²) in [6, 6.07) is 43.8. The predicted octanol–water partition coefficient (Wildman–Crippen LogP) is 16.2. The molecule has 0 bridgehead atoms. The number of aryl methyl sites for hydroxylation is 3. The third-order valence-electron chi connectivity index (χ3n) is 13.4. The number of amides is 6. The fourth-order valence-electron chi connectivity index (χ4n) is 8.42. The third-order valence-corrected chi connectivity index (χ3v) is 14.1. The standard InChI is InChI=1S/C25H26N4O5.C24H24N2O4.C20H23Cl2NO3/c1-15(2)24(31)28-21-13-22(30)20(14-23(21)34-19-11-9-18(33-4)10-12-19)29-25(32)27-17-7-5-16(26-3)6-8-17;1-3-22(30-19-11-7-8-16(2)14-19)24(29)25-18-12-13-20(21(27)15-18)26-23(28)17-9-5-4-6-10-17;1-5-13-14(21)10-15(19(24)18(13)22)23-20(25)16(6-2)26-17-8-7-11(3)9-12(17)4/h5-15,30H,3H2,1-2,4H3,(H,28,31)(H2,27,29,32);4-15,22,27H,3H2,1-2H3,(H,25,29)(H,26,28);7-10,16,24H,5-6H2,1-4H3,(H,23,25). The molecule has 6 amide bonds. The molecule has 8 rings (SSSR count). The maximum absolute atomic E-state index is 12.6. The Morgan fingerprint density at radius 3 is 1.78 bits per heavy atom. The zero-order valence-corrected chi connectivity index (χ0v) is 52.8. The van der Waals surface area contributed by atoms with E-state index in [1.807, 2.05) is 84.0 Å². The highest BCUT2D eigenvalue weighted by Crippen LogP contribution is 2.41. The molecule has 2 unspecified atom stereocenters. The van der Waals surface area contributed by atoms with Gasteiger partial charge in [-0.2, -0.15) is 0 Å². The van der Waals surface area contributed by atoms with E-state index in [0.717, 1.165) is 16.7 Å². The topological polar surface area (TPSA) is 268 Å². The molecule has 0 radical (unpaired) electrons. The lowest BCUT2D eigenvalue weighted by Crippen LogP contribution is -2.32. The maximum atomic E-state index is 12.6. The van der Waals surface area contributed by atoms with Crippen molar-refractivity contribution in [3.05, 3.63) is 196 Å². The fourth-order valence-corrected chi connectivity index (χ4v) is 9.14. The Morgan fingerprint density at radius 1 is 0.544 bits per heavy atom. The number of aromatic hydroxyl groups is 3. The third kappa shape index (κ3) is 19.9. The first kappa shape index (κ1) is 68.9. The van der Waals surface area contributed by atoms with Gasteiger partial charge in [-0.25, -0.2) is 4.79 Å². The van der Waals surface area contributed by atoms with Crippen LogP contribution in [0.4, 0.5) is 44.6 Å². The molecule has 9 N–H and O–H groups in total.